The Bertz CT molecular complexity index is 786. The van der Waals surface area contributed by atoms with Gasteiger partial charge in [-0.2, -0.15) is 0 Å². The van der Waals surface area contributed by atoms with Crippen LogP contribution in [0, 0.1) is 0 Å². The summed E-state index contributed by atoms with van der Waals surface area (Å²) in [6, 6.07) is 12.7. The highest BCUT2D eigenvalue weighted by molar-refractivity contribution is 7.89. The molecule has 1 amide bonds. The van der Waals surface area contributed by atoms with E-state index in [-0.39, 0.29) is 10.8 Å². The summed E-state index contributed by atoms with van der Waals surface area (Å²) in [5.41, 5.74) is 0.960. The Balaban J connectivity index is 2.14. The fourth-order valence-corrected chi connectivity index (χ4v) is 3.00. The molecule has 0 bridgehead atoms. The Morgan fingerprint density at radius 3 is 2.43 bits per heavy atom. The summed E-state index contributed by atoms with van der Waals surface area (Å²) in [6.07, 6.45) is 0. The predicted octanol–water partition coefficient (Wildman–Crippen LogP) is 2.25. The molecule has 2 aromatic rings. The van der Waals surface area contributed by atoms with Crippen molar-refractivity contribution in [2.45, 2.75) is 11.8 Å². The van der Waals surface area contributed by atoms with Gasteiger partial charge in [0.15, 0.2) is 0 Å². The van der Waals surface area contributed by atoms with E-state index in [2.05, 4.69) is 10.0 Å². The van der Waals surface area contributed by atoms with Crippen LogP contribution in [0.3, 0.4) is 0 Å². The summed E-state index contributed by atoms with van der Waals surface area (Å²) in [5, 5.41) is 2.73. The van der Waals surface area contributed by atoms with Crippen LogP contribution in [0.2, 0.25) is 0 Å². The summed E-state index contributed by atoms with van der Waals surface area (Å²) >= 11 is 0. The number of carbonyl (C=O) groups is 1. The summed E-state index contributed by atoms with van der Waals surface area (Å²) in [5.74, 6) is 0.306. The Labute approximate surface area is 135 Å². The van der Waals surface area contributed by atoms with Crippen molar-refractivity contribution >= 4 is 21.6 Å². The normalized spacial score (nSPS) is 11.0. The van der Waals surface area contributed by atoms with Gasteiger partial charge in [0.25, 0.3) is 5.91 Å². The zero-order chi connectivity index (χ0) is 16.9. The van der Waals surface area contributed by atoms with Crippen LogP contribution < -0.4 is 14.8 Å². The quantitative estimate of drug-likeness (QED) is 0.848. The number of anilines is 1. The number of benzene rings is 2. The third-order valence-corrected chi connectivity index (χ3v) is 4.65. The number of methoxy groups -OCH3 is 1. The highest BCUT2D eigenvalue weighted by Gasteiger charge is 2.13. The van der Waals surface area contributed by atoms with Gasteiger partial charge in [0.1, 0.15) is 5.75 Å². The topological polar surface area (TPSA) is 84.5 Å². The zero-order valence-corrected chi connectivity index (χ0v) is 13.7. The van der Waals surface area contributed by atoms with Crippen LogP contribution in [0.5, 0.6) is 5.75 Å². The molecule has 0 saturated carbocycles. The monoisotopic (exact) mass is 334 g/mol. The molecule has 0 aliphatic carbocycles. The molecule has 2 rings (SSSR count). The number of hydrogen-bond donors (Lipinski definition) is 2. The summed E-state index contributed by atoms with van der Waals surface area (Å²) < 4.78 is 31.2. The first-order valence-electron chi connectivity index (χ1n) is 7.01. The van der Waals surface area contributed by atoms with E-state index in [1.807, 2.05) is 0 Å². The molecule has 0 fully saturated rings. The van der Waals surface area contributed by atoms with Gasteiger partial charge in [-0.3, -0.25) is 4.79 Å². The molecule has 0 spiro atoms. The van der Waals surface area contributed by atoms with Crippen LogP contribution in [-0.2, 0) is 10.0 Å². The van der Waals surface area contributed by atoms with Gasteiger partial charge in [-0.05, 0) is 36.4 Å². The summed E-state index contributed by atoms with van der Waals surface area (Å²) in [7, 11) is -1.97. The van der Waals surface area contributed by atoms with Crippen LogP contribution >= 0.6 is 0 Å². The maximum atomic E-state index is 12.2. The number of nitrogens with one attached hydrogen (secondary N) is 2. The second-order valence-corrected chi connectivity index (χ2v) is 6.48. The van der Waals surface area contributed by atoms with Crippen molar-refractivity contribution in [1.29, 1.82) is 0 Å². The molecule has 0 radical (unpaired) electrons. The van der Waals surface area contributed by atoms with Crippen molar-refractivity contribution in [2.75, 3.05) is 19.0 Å². The molecule has 0 unspecified atom stereocenters. The molecule has 0 atom stereocenters. The second kappa shape index (κ2) is 7.26. The van der Waals surface area contributed by atoms with Crippen molar-refractivity contribution in [3.8, 4) is 5.75 Å². The minimum absolute atomic E-state index is 0.122. The molecule has 0 saturated heterocycles. The molecule has 0 aromatic heterocycles. The van der Waals surface area contributed by atoms with E-state index >= 15 is 0 Å². The van der Waals surface area contributed by atoms with E-state index in [4.69, 9.17) is 4.74 Å². The van der Waals surface area contributed by atoms with E-state index < -0.39 is 10.0 Å². The SMILES string of the molecule is CCNS(=O)(=O)c1ccc(C(=O)Nc2cccc(OC)c2)cc1. The average molecular weight is 334 g/mol. The van der Waals surface area contributed by atoms with E-state index in [0.717, 1.165) is 0 Å². The van der Waals surface area contributed by atoms with E-state index in [9.17, 15) is 13.2 Å². The molecule has 2 N–H and O–H groups in total. The zero-order valence-electron chi connectivity index (χ0n) is 12.9. The largest absolute Gasteiger partial charge is 0.497 e. The first-order valence-corrected chi connectivity index (χ1v) is 8.49. The standard InChI is InChI=1S/C16H18N2O4S/c1-3-17-23(20,21)15-9-7-12(8-10-15)16(19)18-13-5-4-6-14(11-13)22-2/h4-11,17H,3H2,1-2H3,(H,18,19). The van der Waals surface area contributed by atoms with Crippen molar-refractivity contribution in [3.63, 3.8) is 0 Å². The molecular weight excluding hydrogens is 316 g/mol. The maximum absolute atomic E-state index is 12.2. The Hall–Kier alpha value is -2.38. The van der Waals surface area contributed by atoms with Gasteiger partial charge in [-0.1, -0.05) is 13.0 Å². The predicted molar refractivity (Wildman–Crippen MR) is 88.3 cm³/mol. The molecular formula is C16H18N2O4S. The second-order valence-electron chi connectivity index (χ2n) is 4.71. The van der Waals surface area contributed by atoms with E-state index in [1.54, 1.807) is 38.3 Å². The number of sulfonamides is 1. The molecule has 2 aromatic carbocycles. The third kappa shape index (κ3) is 4.30. The van der Waals surface area contributed by atoms with Gasteiger partial charge in [0, 0.05) is 23.9 Å². The van der Waals surface area contributed by atoms with Crippen LogP contribution in [0.4, 0.5) is 5.69 Å². The molecule has 0 aliphatic rings. The van der Waals surface area contributed by atoms with Crippen LogP contribution in [0.25, 0.3) is 0 Å². The molecule has 122 valence electrons. The van der Waals surface area contributed by atoms with Gasteiger partial charge in [-0.15, -0.1) is 0 Å². The van der Waals surface area contributed by atoms with E-state index in [0.29, 0.717) is 23.5 Å². The lowest BCUT2D eigenvalue weighted by atomic mass is 10.2. The van der Waals surface area contributed by atoms with Crippen molar-refractivity contribution < 1.29 is 17.9 Å². The molecule has 23 heavy (non-hydrogen) atoms. The highest BCUT2D eigenvalue weighted by Crippen LogP contribution is 2.18. The van der Waals surface area contributed by atoms with Gasteiger partial charge in [0.05, 0.1) is 12.0 Å². The first kappa shape index (κ1) is 17.0. The number of carbonyl (C=O) groups excluding carboxylic acids is 1. The summed E-state index contributed by atoms with van der Waals surface area (Å²) in [4.78, 5) is 12.3. The fourth-order valence-electron chi connectivity index (χ4n) is 1.96. The Morgan fingerprint density at radius 1 is 1.13 bits per heavy atom. The lowest BCUT2D eigenvalue weighted by Gasteiger charge is -2.08. The molecule has 0 aliphatic heterocycles. The van der Waals surface area contributed by atoms with Gasteiger partial charge >= 0.3 is 0 Å². The lowest BCUT2D eigenvalue weighted by Crippen LogP contribution is -2.23. The van der Waals surface area contributed by atoms with Crippen molar-refractivity contribution in [1.82, 2.24) is 4.72 Å². The fraction of sp³-hybridized carbons (Fsp3) is 0.188. The maximum Gasteiger partial charge on any atom is 0.255 e. The Morgan fingerprint density at radius 2 is 1.83 bits per heavy atom. The molecule has 6 nitrogen and oxygen atoms in total. The van der Waals surface area contributed by atoms with Crippen LogP contribution in [-0.4, -0.2) is 28.0 Å². The molecule has 7 heteroatoms. The number of rotatable bonds is 6. The number of amides is 1. The van der Waals surface area contributed by atoms with Crippen molar-refractivity contribution in [3.05, 3.63) is 54.1 Å². The van der Waals surface area contributed by atoms with Gasteiger partial charge in [0.2, 0.25) is 10.0 Å². The van der Waals surface area contributed by atoms with Gasteiger partial charge in [-0.25, -0.2) is 13.1 Å². The minimum atomic E-state index is -3.52. The van der Waals surface area contributed by atoms with Crippen LogP contribution in [0.1, 0.15) is 17.3 Å². The summed E-state index contributed by atoms with van der Waals surface area (Å²) in [6.45, 7) is 2.01. The number of ether oxygens (including phenoxy) is 1. The van der Waals surface area contributed by atoms with Crippen molar-refractivity contribution in [2.24, 2.45) is 0 Å². The number of hydrogen-bond acceptors (Lipinski definition) is 4. The third-order valence-electron chi connectivity index (χ3n) is 3.09. The minimum Gasteiger partial charge on any atom is -0.497 e. The lowest BCUT2D eigenvalue weighted by molar-refractivity contribution is 0.102. The van der Waals surface area contributed by atoms with E-state index in [1.165, 1.54) is 24.3 Å². The Kier molecular flexibility index (Phi) is 5.36. The first-order chi connectivity index (χ1) is 11.0. The smallest absolute Gasteiger partial charge is 0.255 e. The average Bonchev–Trinajstić information content (AvgIpc) is 2.55. The molecule has 0 heterocycles. The van der Waals surface area contributed by atoms with Crippen LogP contribution in [0.15, 0.2) is 53.4 Å². The van der Waals surface area contributed by atoms with Gasteiger partial charge < -0.3 is 10.1 Å². The highest BCUT2D eigenvalue weighted by atomic mass is 32.2.